The molecule has 94 valence electrons. The van der Waals surface area contributed by atoms with Gasteiger partial charge in [-0.05, 0) is 31.0 Å². The van der Waals surface area contributed by atoms with Gasteiger partial charge in [0.15, 0.2) is 0 Å². The molecule has 0 fully saturated rings. The van der Waals surface area contributed by atoms with Gasteiger partial charge in [0, 0.05) is 17.3 Å². The molecule has 1 N–H and O–H groups in total. The molecule has 0 bridgehead atoms. The highest BCUT2D eigenvalue weighted by Crippen LogP contribution is 2.41. The quantitative estimate of drug-likeness (QED) is 0.908. The number of benzene rings is 1. The fourth-order valence-electron chi connectivity index (χ4n) is 2.55. The van der Waals surface area contributed by atoms with Crippen LogP contribution >= 0.6 is 11.3 Å². The van der Waals surface area contributed by atoms with Crippen LogP contribution in [0.1, 0.15) is 47.6 Å². The zero-order chi connectivity index (χ0) is 12.5. The molecule has 0 aliphatic heterocycles. The van der Waals surface area contributed by atoms with Crippen LogP contribution < -0.4 is 5.32 Å². The molecule has 1 heterocycles. The van der Waals surface area contributed by atoms with Crippen LogP contribution in [0.5, 0.6) is 0 Å². The van der Waals surface area contributed by atoms with Crippen molar-refractivity contribution in [2.24, 2.45) is 0 Å². The van der Waals surface area contributed by atoms with Crippen LogP contribution in [0.4, 0.5) is 0 Å². The fraction of sp³-hybridized carbons (Fsp3) is 0.400. The summed E-state index contributed by atoms with van der Waals surface area (Å²) in [5.41, 5.74) is 4.13. The van der Waals surface area contributed by atoms with E-state index < -0.39 is 0 Å². The van der Waals surface area contributed by atoms with Gasteiger partial charge in [0.2, 0.25) is 0 Å². The summed E-state index contributed by atoms with van der Waals surface area (Å²) < 4.78 is 0. The van der Waals surface area contributed by atoms with E-state index in [0.717, 1.165) is 13.0 Å². The second-order valence-corrected chi connectivity index (χ2v) is 5.74. The summed E-state index contributed by atoms with van der Waals surface area (Å²) in [4.78, 5) is 4.81. The summed E-state index contributed by atoms with van der Waals surface area (Å²) in [6.45, 7) is 5.29. The van der Waals surface area contributed by atoms with Crippen molar-refractivity contribution in [3.63, 3.8) is 0 Å². The van der Waals surface area contributed by atoms with Crippen LogP contribution in [0.2, 0.25) is 0 Å². The lowest BCUT2D eigenvalue weighted by Crippen LogP contribution is -2.20. The molecule has 2 aromatic rings. The van der Waals surface area contributed by atoms with Gasteiger partial charge in [-0.3, -0.25) is 0 Å². The molecule has 2 atom stereocenters. The number of fused-ring (bicyclic) bond motifs is 1. The van der Waals surface area contributed by atoms with E-state index in [4.69, 9.17) is 4.98 Å². The molecular weight excluding hydrogens is 240 g/mol. The second-order valence-electron chi connectivity index (χ2n) is 4.85. The monoisotopic (exact) mass is 258 g/mol. The van der Waals surface area contributed by atoms with Crippen LogP contribution in [0.15, 0.2) is 29.6 Å². The van der Waals surface area contributed by atoms with Crippen LogP contribution in [-0.4, -0.2) is 11.5 Å². The van der Waals surface area contributed by atoms with Crippen molar-refractivity contribution in [3.8, 4) is 0 Å². The molecule has 0 amide bonds. The normalized spacial score (nSPS) is 19.1. The van der Waals surface area contributed by atoms with E-state index in [1.54, 1.807) is 11.3 Å². The van der Waals surface area contributed by atoms with Gasteiger partial charge in [-0.2, -0.15) is 0 Å². The smallest absolute Gasteiger partial charge is 0.101 e. The first-order valence-corrected chi connectivity index (χ1v) is 7.44. The number of hydrogen-bond acceptors (Lipinski definition) is 3. The topological polar surface area (TPSA) is 24.9 Å². The van der Waals surface area contributed by atoms with Gasteiger partial charge in [0.25, 0.3) is 0 Å². The van der Waals surface area contributed by atoms with E-state index in [2.05, 4.69) is 48.8 Å². The van der Waals surface area contributed by atoms with Crippen molar-refractivity contribution < 1.29 is 0 Å². The highest BCUT2D eigenvalue weighted by molar-refractivity contribution is 7.09. The Morgan fingerprint density at radius 3 is 3.06 bits per heavy atom. The number of rotatable bonds is 4. The molecular formula is C15H18N2S. The highest BCUT2D eigenvalue weighted by atomic mass is 32.1. The Kier molecular flexibility index (Phi) is 3.18. The zero-order valence-corrected chi connectivity index (χ0v) is 11.6. The highest BCUT2D eigenvalue weighted by Gasteiger charge is 2.29. The van der Waals surface area contributed by atoms with Crippen molar-refractivity contribution in [2.75, 3.05) is 6.54 Å². The van der Waals surface area contributed by atoms with E-state index in [1.165, 1.54) is 21.8 Å². The summed E-state index contributed by atoms with van der Waals surface area (Å²) in [7, 11) is 0. The van der Waals surface area contributed by atoms with E-state index >= 15 is 0 Å². The molecule has 3 heteroatoms. The summed E-state index contributed by atoms with van der Waals surface area (Å²) in [6, 6.07) is 9.06. The van der Waals surface area contributed by atoms with Gasteiger partial charge in [0.1, 0.15) is 5.01 Å². The Morgan fingerprint density at radius 1 is 1.44 bits per heavy atom. The first-order chi connectivity index (χ1) is 8.79. The first kappa shape index (κ1) is 11.9. The largest absolute Gasteiger partial charge is 0.309 e. The second kappa shape index (κ2) is 4.82. The van der Waals surface area contributed by atoms with Gasteiger partial charge < -0.3 is 5.32 Å². The number of thiazole rings is 1. The van der Waals surface area contributed by atoms with Crippen LogP contribution in [0, 0.1) is 0 Å². The van der Waals surface area contributed by atoms with Gasteiger partial charge in [-0.25, -0.2) is 4.98 Å². The first-order valence-electron chi connectivity index (χ1n) is 6.56. The molecule has 2 nitrogen and oxygen atoms in total. The van der Waals surface area contributed by atoms with E-state index in [-0.39, 0.29) is 0 Å². The molecule has 1 aliphatic rings. The third-order valence-electron chi connectivity index (χ3n) is 3.65. The Labute approximate surface area is 112 Å². The van der Waals surface area contributed by atoms with Crippen molar-refractivity contribution in [1.29, 1.82) is 0 Å². The average molecular weight is 258 g/mol. The van der Waals surface area contributed by atoms with Gasteiger partial charge in [-0.1, -0.05) is 31.2 Å². The van der Waals surface area contributed by atoms with Gasteiger partial charge in [-0.15, -0.1) is 11.3 Å². The summed E-state index contributed by atoms with van der Waals surface area (Å²) in [5, 5.41) is 6.88. The lowest BCUT2D eigenvalue weighted by atomic mass is 9.78. The molecule has 0 saturated carbocycles. The number of hydrogen-bond donors (Lipinski definition) is 1. The molecule has 3 rings (SSSR count). The lowest BCUT2D eigenvalue weighted by molar-refractivity contribution is 0.581. The molecule has 0 saturated heterocycles. The minimum absolute atomic E-state index is 0.357. The van der Waals surface area contributed by atoms with Crippen LogP contribution in [-0.2, 0) is 6.42 Å². The predicted molar refractivity (Wildman–Crippen MR) is 76.2 cm³/mol. The maximum absolute atomic E-state index is 4.81. The Morgan fingerprint density at radius 2 is 2.28 bits per heavy atom. The van der Waals surface area contributed by atoms with E-state index in [1.807, 2.05) is 0 Å². The third kappa shape index (κ3) is 1.98. The number of aromatic nitrogens is 1. The molecule has 0 spiro atoms. The molecule has 2 unspecified atom stereocenters. The van der Waals surface area contributed by atoms with Crippen LogP contribution in [0.25, 0.3) is 0 Å². The summed E-state index contributed by atoms with van der Waals surface area (Å²) >= 11 is 1.80. The fourth-order valence-corrected chi connectivity index (χ4v) is 3.58. The SMILES string of the molecule is CCNC(C)c1csc(C2Cc3ccccc32)n1. The standard InChI is InChI=1S/C15H18N2S/c1-3-16-10(2)14-9-18-15(17-14)13-8-11-6-4-5-7-12(11)13/h4-7,9-10,13,16H,3,8H2,1-2H3. The molecule has 1 aromatic heterocycles. The van der Waals surface area contributed by atoms with Crippen molar-refractivity contribution in [2.45, 2.75) is 32.2 Å². The van der Waals surface area contributed by atoms with Gasteiger partial charge in [0.05, 0.1) is 5.69 Å². The zero-order valence-electron chi connectivity index (χ0n) is 10.8. The van der Waals surface area contributed by atoms with Crippen molar-refractivity contribution in [3.05, 3.63) is 51.5 Å². The molecule has 0 radical (unpaired) electrons. The van der Waals surface area contributed by atoms with E-state index in [9.17, 15) is 0 Å². The number of nitrogens with one attached hydrogen (secondary N) is 1. The summed E-state index contributed by atoms with van der Waals surface area (Å²) in [6.07, 6.45) is 1.15. The molecule has 18 heavy (non-hydrogen) atoms. The third-order valence-corrected chi connectivity index (χ3v) is 4.62. The molecule has 1 aromatic carbocycles. The minimum Gasteiger partial charge on any atom is -0.309 e. The number of nitrogens with zero attached hydrogens (tertiary/aromatic N) is 1. The Hall–Kier alpha value is -1.19. The van der Waals surface area contributed by atoms with E-state index in [0.29, 0.717) is 12.0 Å². The van der Waals surface area contributed by atoms with Gasteiger partial charge >= 0.3 is 0 Å². The lowest BCUT2D eigenvalue weighted by Gasteiger charge is -2.28. The maximum atomic E-state index is 4.81. The van der Waals surface area contributed by atoms with Crippen molar-refractivity contribution >= 4 is 11.3 Å². The Balaban J connectivity index is 1.80. The molecule has 1 aliphatic carbocycles. The Bertz CT molecular complexity index is 547. The maximum Gasteiger partial charge on any atom is 0.101 e. The average Bonchev–Trinajstić information content (AvgIpc) is 2.80. The predicted octanol–water partition coefficient (Wildman–Crippen LogP) is 3.50. The van der Waals surface area contributed by atoms with Crippen LogP contribution in [0.3, 0.4) is 0 Å². The van der Waals surface area contributed by atoms with Crippen molar-refractivity contribution in [1.82, 2.24) is 10.3 Å². The summed E-state index contributed by atoms with van der Waals surface area (Å²) in [5.74, 6) is 0.536. The minimum atomic E-state index is 0.357.